The summed E-state index contributed by atoms with van der Waals surface area (Å²) in [5, 5.41) is 0.326. The molecule has 1 aromatic carbocycles. The summed E-state index contributed by atoms with van der Waals surface area (Å²) < 4.78 is 34.2. The highest BCUT2D eigenvalue weighted by Gasteiger charge is 2.11. The first-order valence-corrected chi connectivity index (χ1v) is 8.24. The maximum atomic E-state index is 11.4. The molecule has 1 amide bonds. The zero-order valence-electron chi connectivity index (χ0n) is 11.8. The molecule has 0 saturated carbocycles. The van der Waals surface area contributed by atoms with Gasteiger partial charge in [0.15, 0.2) is 11.5 Å². The lowest BCUT2D eigenvalue weighted by atomic mass is 10.2. The molecule has 0 aliphatic rings. The number of carbonyl (C=O) groups is 1. The minimum absolute atomic E-state index is 0.326. The normalized spacial score (nSPS) is 11.4. The summed E-state index contributed by atoms with van der Waals surface area (Å²) in [7, 11) is -2.11. The van der Waals surface area contributed by atoms with Gasteiger partial charge < -0.3 is 9.47 Å². The number of ether oxygens (including phenoxy) is 2. The molecular formula is C13H16ClNO5S. The molecule has 0 fully saturated rings. The smallest absolute Gasteiger partial charge is 0.257 e. The Balaban J connectivity index is 3.01. The van der Waals surface area contributed by atoms with E-state index in [1.165, 1.54) is 13.2 Å². The number of methoxy groups -OCH3 is 1. The molecule has 0 aliphatic heterocycles. The van der Waals surface area contributed by atoms with Crippen molar-refractivity contribution >= 4 is 33.6 Å². The van der Waals surface area contributed by atoms with E-state index < -0.39 is 15.9 Å². The molecule has 21 heavy (non-hydrogen) atoms. The molecule has 0 heterocycles. The predicted molar refractivity (Wildman–Crippen MR) is 81.2 cm³/mol. The summed E-state index contributed by atoms with van der Waals surface area (Å²) in [4.78, 5) is 11.4. The van der Waals surface area contributed by atoms with Crippen LogP contribution in [0.25, 0.3) is 6.08 Å². The number of nitrogens with one attached hydrogen (secondary N) is 1. The first-order valence-electron chi connectivity index (χ1n) is 5.97. The largest absolute Gasteiger partial charge is 0.491 e. The molecule has 116 valence electrons. The number of hydrogen-bond donors (Lipinski definition) is 1. The Morgan fingerprint density at radius 1 is 1.43 bits per heavy atom. The third kappa shape index (κ3) is 5.65. The van der Waals surface area contributed by atoms with Gasteiger partial charge in [0.25, 0.3) is 5.91 Å². The fourth-order valence-electron chi connectivity index (χ4n) is 1.53. The molecule has 0 saturated heterocycles. The average molecular weight is 334 g/mol. The molecule has 0 spiro atoms. The second-order valence-corrected chi connectivity index (χ2v) is 6.19. The van der Waals surface area contributed by atoms with Crippen LogP contribution in [0, 0.1) is 0 Å². The lowest BCUT2D eigenvalue weighted by molar-refractivity contribution is -0.114. The van der Waals surface area contributed by atoms with E-state index in [0.29, 0.717) is 28.7 Å². The molecule has 8 heteroatoms. The van der Waals surface area contributed by atoms with E-state index >= 15 is 0 Å². The van der Waals surface area contributed by atoms with Crippen LogP contribution in [0.4, 0.5) is 0 Å². The van der Waals surface area contributed by atoms with Crippen molar-refractivity contribution in [3.05, 3.63) is 28.8 Å². The highest BCUT2D eigenvalue weighted by Crippen LogP contribution is 2.36. The van der Waals surface area contributed by atoms with Gasteiger partial charge in [0.05, 0.1) is 25.0 Å². The maximum Gasteiger partial charge on any atom is 0.257 e. The first kappa shape index (κ1) is 17.3. The topological polar surface area (TPSA) is 81.7 Å². The van der Waals surface area contributed by atoms with Gasteiger partial charge in [-0.1, -0.05) is 11.6 Å². The molecule has 0 bridgehead atoms. The lowest BCUT2D eigenvalue weighted by Crippen LogP contribution is -2.27. The highest BCUT2D eigenvalue weighted by molar-refractivity contribution is 7.89. The van der Waals surface area contributed by atoms with Gasteiger partial charge in [0.1, 0.15) is 0 Å². The molecule has 0 unspecified atom stereocenters. The Hall–Kier alpha value is -1.73. The van der Waals surface area contributed by atoms with Crippen molar-refractivity contribution in [2.24, 2.45) is 0 Å². The summed E-state index contributed by atoms with van der Waals surface area (Å²) in [5.74, 6) is 0.0920. The van der Waals surface area contributed by atoms with Crippen LogP contribution in [-0.2, 0) is 14.8 Å². The second-order valence-electron chi connectivity index (χ2n) is 4.04. The standard InChI is InChI=1S/C13H16ClNO5S/c1-4-20-11-8-9(7-10(14)13(11)19-2)5-6-12(16)15-21(3,17)18/h5-8H,4H2,1-3H3,(H,15,16). The number of benzene rings is 1. The Kier molecular flexibility index (Phi) is 6.04. The number of hydrogen-bond acceptors (Lipinski definition) is 5. The van der Waals surface area contributed by atoms with Gasteiger partial charge in [-0.25, -0.2) is 13.1 Å². The van der Waals surface area contributed by atoms with Crippen molar-refractivity contribution in [3.63, 3.8) is 0 Å². The zero-order chi connectivity index (χ0) is 16.0. The van der Waals surface area contributed by atoms with E-state index in [9.17, 15) is 13.2 Å². The van der Waals surface area contributed by atoms with E-state index in [0.717, 1.165) is 12.3 Å². The van der Waals surface area contributed by atoms with Gasteiger partial charge in [0, 0.05) is 6.08 Å². The maximum absolute atomic E-state index is 11.4. The summed E-state index contributed by atoms with van der Waals surface area (Å²) in [6.07, 6.45) is 3.42. The third-order valence-corrected chi connectivity index (χ3v) is 3.10. The fraction of sp³-hybridized carbons (Fsp3) is 0.308. The molecule has 1 aromatic rings. The van der Waals surface area contributed by atoms with Crippen LogP contribution >= 0.6 is 11.6 Å². The number of rotatable bonds is 6. The van der Waals surface area contributed by atoms with Crippen LogP contribution < -0.4 is 14.2 Å². The molecule has 1 N–H and O–H groups in total. The fourth-order valence-corrected chi connectivity index (χ4v) is 2.26. The number of halogens is 1. The van der Waals surface area contributed by atoms with Crippen LogP contribution in [0.2, 0.25) is 5.02 Å². The molecule has 0 atom stereocenters. The van der Waals surface area contributed by atoms with Crippen molar-refractivity contribution in [1.82, 2.24) is 4.72 Å². The first-order chi connectivity index (χ1) is 9.76. The molecule has 0 aromatic heterocycles. The van der Waals surface area contributed by atoms with E-state index in [2.05, 4.69) is 0 Å². The van der Waals surface area contributed by atoms with Crippen LogP contribution in [0.15, 0.2) is 18.2 Å². The van der Waals surface area contributed by atoms with Crippen molar-refractivity contribution in [1.29, 1.82) is 0 Å². The Labute approximate surface area is 128 Å². The quantitative estimate of drug-likeness (QED) is 0.803. The van der Waals surface area contributed by atoms with Crippen molar-refractivity contribution in [2.45, 2.75) is 6.92 Å². The summed E-state index contributed by atoms with van der Waals surface area (Å²) in [6, 6.07) is 3.21. The Morgan fingerprint density at radius 3 is 2.62 bits per heavy atom. The van der Waals surface area contributed by atoms with Crippen LogP contribution in [0.1, 0.15) is 12.5 Å². The summed E-state index contributed by atoms with van der Waals surface area (Å²) in [6.45, 7) is 2.24. The van der Waals surface area contributed by atoms with Crippen molar-refractivity contribution in [3.8, 4) is 11.5 Å². The summed E-state index contributed by atoms with van der Waals surface area (Å²) >= 11 is 6.06. The van der Waals surface area contributed by atoms with Gasteiger partial charge in [-0.15, -0.1) is 0 Å². The molecule has 0 aliphatic carbocycles. The van der Waals surface area contributed by atoms with Crippen LogP contribution in [0.5, 0.6) is 11.5 Å². The highest BCUT2D eigenvalue weighted by atomic mass is 35.5. The number of amides is 1. The molecule has 0 radical (unpaired) electrons. The van der Waals surface area contributed by atoms with E-state index in [-0.39, 0.29) is 0 Å². The zero-order valence-corrected chi connectivity index (χ0v) is 13.4. The minimum atomic E-state index is -3.58. The monoisotopic (exact) mass is 333 g/mol. The number of sulfonamides is 1. The van der Waals surface area contributed by atoms with E-state index in [4.69, 9.17) is 21.1 Å². The second kappa shape index (κ2) is 7.33. The Morgan fingerprint density at radius 2 is 2.10 bits per heavy atom. The minimum Gasteiger partial charge on any atom is -0.491 e. The summed E-state index contributed by atoms with van der Waals surface area (Å²) in [5.41, 5.74) is 0.577. The molecule has 1 rings (SSSR count). The molecule has 6 nitrogen and oxygen atoms in total. The Bertz CT molecular complexity index is 655. The van der Waals surface area contributed by atoms with E-state index in [1.807, 2.05) is 11.6 Å². The van der Waals surface area contributed by atoms with Crippen molar-refractivity contribution < 1.29 is 22.7 Å². The lowest BCUT2D eigenvalue weighted by Gasteiger charge is -2.11. The van der Waals surface area contributed by atoms with Gasteiger partial charge in [-0.3, -0.25) is 4.79 Å². The van der Waals surface area contributed by atoms with Crippen molar-refractivity contribution in [2.75, 3.05) is 20.0 Å². The van der Waals surface area contributed by atoms with Gasteiger partial charge in [-0.2, -0.15) is 0 Å². The SMILES string of the molecule is CCOc1cc(C=CC(=O)NS(C)(=O)=O)cc(Cl)c1OC. The van der Waals surface area contributed by atoms with Gasteiger partial charge in [0.2, 0.25) is 10.0 Å². The average Bonchev–Trinajstić information content (AvgIpc) is 2.34. The predicted octanol–water partition coefficient (Wildman–Crippen LogP) is 1.84. The van der Waals surface area contributed by atoms with Gasteiger partial charge in [-0.05, 0) is 30.7 Å². The third-order valence-electron chi connectivity index (χ3n) is 2.25. The van der Waals surface area contributed by atoms with Crippen LogP contribution in [0.3, 0.4) is 0 Å². The molecular weight excluding hydrogens is 318 g/mol. The van der Waals surface area contributed by atoms with E-state index in [1.54, 1.807) is 12.1 Å². The van der Waals surface area contributed by atoms with Crippen LogP contribution in [-0.4, -0.2) is 34.3 Å². The number of carbonyl (C=O) groups excluding carboxylic acids is 1. The van der Waals surface area contributed by atoms with Gasteiger partial charge >= 0.3 is 0 Å².